The molecule has 0 saturated carbocycles. The number of aromatic nitrogens is 2. The van der Waals surface area contributed by atoms with E-state index >= 15 is 0 Å². The summed E-state index contributed by atoms with van der Waals surface area (Å²) in [4.78, 5) is 120. The van der Waals surface area contributed by atoms with Gasteiger partial charge in [0.1, 0.15) is 30.2 Å². The van der Waals surface area contributed by atoms with E-state index in [1.165, 1.54) is 26.4 Å². The van der Waals surface area contributed by atoms with Crippen LogP contribution in [-0.2, 0) is 49.6 Å². The minimum atomic E-state index is -1.26. The van der Waals surface area contributed by atoms with Crippen LogP contribution in [0, 0.1) is 17.8 Å². The second-order valence-electron chi connectivity index (χ2n) is 13.8. The van der Waals surface area contributed by atoms with Crippen molar-refractivity contribution in [3.8, 4) is 0 Å². The highest BCUT2D eigenvalue weighted by Crippen LogP contribution is 2.09. The van der Waals surface area contributed by atoms with Gasteiger partial charge >= 0.3 is 5.97 Å². The molecule has 0 aliphatic rings. The maximum Gasteiger partial charge on any atom is 0.325 e. The second kappa shape index (κ2) is 23.2. The number of carbonyl (C=O) groups is 9. The number of imidazole rings is 1. The van der Waals surface area contributed by atoms with Crippen molar-refractivity contribution in [3.63, 3.8) is 0 Å². The number of rotatable bonds is 23. The molecule has 1 aromatic rings. The Balaban J connectivity index is 2.82. The van der Waals surface area contributed by atoms with Gasteiger partial charge in [-0.05, 0) is 31.6 Å². The van der Waals surface area contributed by atoms with E-state index in [0.717, 1.165) is 0 Å². The molecular formula is C34H57N11O10. The Labute approximate surface area is 319 Å². The molecule has 55 heavy (non-hydrogen) atoms. The number of hydrogen-bond donors (Lipinski definition) is 11. The lowest BCUT2D eigenvalue weighted by molar-refractivity contribution is -0.141. The molecule has 0 aliphatic heterocycles. The molecule has 21 heteroatoms. The lowest BCUT2D eigenvalue weighted by atomic mass is 9.98. The number of aromatic amines is 1. The van der Waals surface area contributed by atoms with E-state index in [2.05, 4.69) is 52.5 Å². The molecule has 0 bridgehead atoms. The van der Waals surface area contributed by atoms with E-state index in [-0.39, 0.29) is 18.3 Å². The summed E-state index contributed by atoms with van der Waals surface area (Å²) in [7, 11) is 0. The molecule has 1 heterocycles. The second-order valence-corrected chi connectivity index (χ2v) is 13.8. The Bertz CT molecular complexity index is 1500. The first kappa shape index (κ1) is 47.4. The molecular weight excluding hydrogens is 722 g/mol. The highest BCUT2D eigenvalue weighted by molar-refractivity contribution is 5.96. The van der Waals surface area contributed by atoms with Crippen LogP contribution >= 0.6 is 0 Å². The van der Waals surface area contributed by atoms with Gasteiger partial charge in [0.25, 0.3) is 0 Å². The van der Waals surface area contributed by atoms with Gasteiger partial charge in [-0.15, -0.1) is 0 Å². The van der Waals surface area contributed by atoms with E-state index in [4.69, 9.17) is 10.8 Å². The van der Waals surface area contributed by atoms with Gasteiger partial charge in [-0.25, -0.2) is 4.98 Å². The quantitative estimate of drug-likeness (QED) is 0.0517. The van der Waals surface area contributed by atoms with Gasteiger partial charge in [0.15, 0.2) is 0 Å². The Hall–Kier alpha value is -5.60. The number of carboxylic acids is 1. The van der Waals surface area contributed by atoms with Crippen LogP contribution < -0.4 is 48.3 Å². The monoisotopic (exact) mass is 779 g/mol. The van der Waals surface area contributed by atoms with Crippen molar-refractivity contribution in [2.75, 3.05) is 19.6 Å². The van der Waals surface area contributed by atoms with Crippen LogP contribution in [0.5, 0.6) is 0 Å². The van der Waals surface area contributed by atoms with Crippen molar-refractivity contribution in [2.45, 2.75) is 104 Å². The molecule has 12 N–H and O–H groups in total. The molecule has 0 radical (unpaired) electrons. The molecule has 0 spiro atoms. The Morgan fingerprint density at radius 3 is 1.73 bits per heavy atom. The lowest BCUT2D eigenvalue weighted by Crippen LogP contribution is -2.59. The number of nitrogens with zero attached hydrogens (tertiary/aromatic N) is 1. The first-order valence-electron chi connectivity index (χ1n) is 18.0. The van der Waals surface area contributed by atoms with Gasteiger partial charge in [-0.2, -0.15) is 0 Å². The van der Waals surface area contributed by atoms with E-state index in [9.17, 15) is 43.2 Å². The number of amides is 8. The predicted molar refractivity (Wildman–Crippen MR) is 197 cm³/mol. The van der Waals surface area contributed by atoms with Crippen molar-refractivity contribution in [1.82, 2.24) is 52.5 Å². The summed E-state index contributed by atoms with van der Waals surface area (Å²) >= 11 is 0. The van der Waals surface area contributed by atoms with Gasteiger partial charge < -0.3 is 58.4 Å². The van der Waals surface area contributed by atoms with Crippen LogP contribution in [0.3, 0.4) is 0 Å². The Morgan fingerprint density at radius 1 is 0.655 bits per heavy atom. The maximum absolute atomic E-state index is 13.3. The van der Waals surface area contributed by atoms with Crippen LogP contribution in [0.15, 0.2) is 12.5 Å². The van der Waals surface area contributed by atoms with Gasteiger partial charge in [0.05, 0.1) is 32.0 Å². The summed E-state index contributed by atoms with van der Waals surface area (Å²) in [6, 6.07) is -6.54. The third-order valence-electron chi connectivity index (χ3n) is 8.48. The zero-order valence-corrected chi connectivity index (χ0v) is 32.5. The van der Waals surface area contributed by atoms with Gasteiger partial charge in [0.2, 0.25) is 47.3 Å². The lowest BCUT2D eigenvalue weighted by Gasteiger charge is -2.27. The summed E-state index contributed by atoms with van der Waals surface area (Å²) in [6.07, 6.45) is 3.26. The maximum atomic E-state index is 13.3. The third kappa shape index (κ3) is 17.0. The average Bonchev–Trinajstić information content (AvgIpc) is 3.64. The predicted octanol–water partition coefficient (Wildman–Crippen LogP) is -3.47. The molecule has 0 fully saturated rings. The number of carboxylic acid groups (broad SMARTS) is 1. The number of nitrogens with two attached hydrogens (primary N) is 1. The molecule has 7 atom stereocenters. The Morgan fingerprint density at radius 2 is 1.20 bits per heavy atom. The number of carbonyl (C=O) groups excluding carboxylic acids is 8. The van der Waals surface area contributed by atoms with E-state index in [1.807, 2.05) is 0 Å². The fraction of sp³-hybridized carbons (Fsp3) is 0.647. The number of aliphatic carboxylic acids is 1. The summed E-state index contributed by atoms with van der Waals surface area (Å²) in [5, 5.41) is 28.4. The molecule has 308 valence electrons. The minimum absolute atomic E-state index is 0.0373. The largest absolute Gasteiger partial charge is 0.480 e. The highest BCUT2D eigenvalue weighted by atomic mass is 16.4. The number of hydrogen-bond acceptors (Lipinski definition) is 11. The van der Waals surface area contributed by atoms with E-state index < -0.39 is 115 Å². The summed E-state index contributed by atoms with van der Waals surface area (Å²) in [6.45, 7) is 11.4. The topological polar surface area (TPSA) is 325 Å². The SMILES string of the molecule is CC[C@H](C)[C@H](NC(=O)[C@H](C)NC(=O)CNC(=O)[C@H](Cc1cnc[nH]1)NC(=O)[C@@H](NC(=O)[C@@H](N)C(C)C)C(C)C)C(=O)NCC(=O)NCC(=O)N[C@@H](C)C(=O)O. The van der Waals surface area contributed by atoms with Crippen molar-refractivity contribution in [1.29, 1.82) is 0 Å². The first-order chi connectivity index (χ1) is 25.7. The van der Waals surface area contributed by atoms with Crippen molar-refractivity contribution in [2.24, 2.45) is 23.5 Å². The van der Waals surface area contributed by atoms with Crippen LogP contribution in [0.4, 0.5) is 0 Å². The zero-order valence-electron chi connectivity index (χ0n) is 32.5. The molecule has 1 aromatic heterocycles. The molecule has 21 nitrogen and oxygen atoms in total. The average molecular weight is 780 g/mol. The number of nitrogens with one attached hydrogen (secondary N) is 9. The fourth-order valence-electron chi connectivity index (χ4n) is 4.68. The van der Waals surface area contributed by atoms with Crippen LogP contribution in [-0.4, -0.2) is 124 Å². The van der Waals surface area contributed by atoms with Crippen molar-refractivity contribution >= 4 is 53.2 Å². The summed E-state index contributed by atoms with van der Waals surface area (Å²) < 4.78 is 0. The standard InChI is InChI=1S/C34H57N11O10/c1-9-18(6)28(32(52)39-12-23(46)37-13-24(47)42-20(8)34(54)55)45-29(49)19(7)41-25(48)14-38-30(50)22(10-21-11-36-15-40-21)43-33(53)27(17(4)5)44-31(51)26(35)16(2)3/h11,15-20,22,26-28H,9-10,12-14,35H2,1-8H3,(H,36,40)(H,37,46)(H,38,50)(H,39,52)(H,41,48)(H,42,47)(H,43,53)(H,44,51)(H,45,49)(H,54,55)/t18-,19-,20-,22-,26-,27-,28-/m0/s1. The summed E-state index contributed by atoms with van der Waals surface area (Å²) in [5.41, 5.74) is 6.44. The molecule has 0 saturated heterocycles. The first-order valence-corrected chi connectivity index (χ1v) is 18.0. The van der Waals surface area contributed by atoms with Crippen LogP contribution in [0.1, 0.15) is 67.5 Å². The van der Waals surface area contributed by atoms with Crippen LogP contribution in [0.25, 0.3) is 0 Å². The van der Waals surface area contributed by atoms with Crippen LogP contribution in [0.2, 0.25) is 0 Å². The van der Waals surface area contributed by atoms with E-state index in [0.29, 0.717) is 12.1 Å². The highest BCUT2D eigenvalue weighted by Gasteiger charge is 2.32. The zero-order chi connectivity index (χ0) is 42.0. The molecule has 8 amide bonds. The van der Waals surface area contributed by atoms with Gasteiger partial charge in [-0.3, -0.25) is 43.2 Å². The van der Waals surface area contributed by atoms with Gasteiger partial charge in [-0.1, -0.05) is 48.0 Å². The molecule has 0 aromatic carbocycles. The van der Waals surface area contributed by atoms with Crippen molar-refractivity contribution < 1.29 is 48.3 Å². The Kier molecular flexibility index (Phi) is 20.0. The smallest absolute Gasteiger partial charge is 0.325 e. The fourth-order valence-corrected chi connectivity index (χ4v) is 4.68. The van der Waals surface area contributed by atoms with Gasteiger partial charge in [0, 0.05) is 18.3 Å². The van der Waals surface area contributed by atoms with E-state index in [1.54, 1.807) is 41.5 Å². The molecule has 0 unspecified atom stereocenters. The third-order valence-corrected chi connectivity index (χ3v) is 8.48. The number of H-pyrrole nitrogens is 1. The molecule has 1 rings (SSSR count). The minimum Gasteiger partial charge on any atom is -0.480 e. The summed E-state index contributed by atoms with van der Waals surface area (Å²) in [5.74, 6) is -7.84. The molecule has 0 aliphatic carbocycles. The normalized spacial score (nSPS) is 14.8. The van der Waals surface area contributed by atoms with Crippen molar-refractivity contribution in [3.05, 3.63) is 18.2 Å².